The van der Waals surface area contributed by atoms with Crippen LogP contribution in [0.5, 0.6) is 0 Å². The second kappa shape index (κ2) is 7.80. The topological polar surface area (TPSA) is 88.3 Å². The van der Waals surface area contributed by atoms with Gasteiger partial charge < -0.3 is 10.4 Å². The maximum atomic E-state index is 11.0. The lowest BCUT2D eigenvalue weighted by atomic mass is 10.1. The van der Waals surface area contributed by atoms with Crippen molar-refractivity contribution in [2.45, 2.75) is 6.42 Å². The molecule has 6 nitrogen and oxygen atoms in total. The first-order valence-corrected chi connectivity index (χ1v) is 7.84. The van der Waals surface area contributed by atoms with Crippen molar-refractivity contribution in [2.24, 2.45) is 0 Å². The highest BCUT2D eigenvalue weighted by Gasteiger charge is 2.14. The predicted octanol–water partition coefficient (Wildman–Crippen LogP) is 2.67. The third kappa shape index (κ3) is 4.05. The van der Waals surface area contributed by atoms with Crippen molar-refractivity contribution in [3.05, 3.63) is 40.6 Å². The number of aliphatic hydroxyl groups excluding tert-OH is 1. The lowest BCUT2D eigenvalue weighted by Gasteiger charge is -2.09. The van der Waals surface area contributed by atoms with Crippen LogP contribution in [-0.2, 0) is 0 Å². The molecule has 21 heavy (non-hydrogen) atoms. The van der Waals surface area contributed by atoms with Gasteiger partial charge in [-0.2, -0.15) is 11.8 Å². The van der Waals surface area contributed by atoms with Gasteiger partial charge in [-0.3, -0.25) is 10.1 Å². The molecule has 2 N–H and O–H groups in total. The standard InChI is InChI=1S/C14H17N3O3S/c18-8-2-9-21-10-7-15-12-4-5-13(17(19)20)14-11(12)3-1-6-16-14/h1,3-6,15,18H,2,7-10H2. The highest BCUT2D eigenvalue weighted by atomic mass is 32.2. The number of nitrogens with zero attached hydrogens (tertiary/aromatic N) is 2. The summed E-state index contributed by atoms with van der Waals surface area (Å²) in [6, 6.07) is 6.81. The Kier molecular flexibility index (Phi) is 5.77. The van der Waals surface area contributed by atoms with Crippen LogP contribution >= 0.6 is 11.8 Å². The van der Waals surface area contributed by atoms with Gasteiger partial charge in [-0.1, -0.05) is 0 Å². The molecule has 0 bridgehead atoms. The molecule has 0 aliphatic carbocycles. The fourth-order valence-corrected chi connectivity index (χ4v) is 2.77. The minimum absolute atomic E-state index is 0.0217. The minimum atomic E-state index is -0.413. The van der Waals surface area contributed by atoms with Gasteiger partial charge in [0.2, 0.25) is 0 Å². The monoisotopic (exact) mass is 307 g/mol. The predicted molar refractivity (Wildman–Crippen MR) is 85.9 cm³/mol. The molecule has 7 heteroatoms. The number of rotatable bonds is 8. The highest BCUT2D eigenvalue weighted by Crippen LogP contribution is 2.29. The maximum absolute atomic E-state index is 11.0. The Morgan fingerprint density at radius 2 is 2.19 bits per heavy atom. The van der Waals surface area contributed by atoms with Gasteiger partial charge in [-0.05, 0) is 30.4 Å². The molecule has 1 aromatic carbocycles. The Hall–Kier alpha value is -1.86. The van der Waals surface area contributed by atoms with Crippen molar-refractivity contribution in [2.75, 3.05) is 30.0 Å². The Balaban J connectivity index is 2.07. The van der Waals surface area contributed by atoms with Crippen LogP contribution in [0, 0.1) is 10.1 Å². The Bertz CT molecular complexity index is 621. The number of hydrogen-bond acceptors (Lipinski definition) is 6. The molecular formula is C14H17N3O3S. The van der Waals surface area contributed by atoms with E-state index in [1.54, 1.807) is 30.1 Å². The molecule has 1 aromatic heterocycles. The van der Waals surface area contributed by atoms with Crippen LogP contribution in [0.3, 0.4) is 0 Å². The first-order valence-electron chi connectivity index (χ1n) is 6.68. The van der Waals surface area contributed by atoms with Crippen LogP contribution in [0.25, 0.3) is 10.9 Å². The number of hydrogen-bond donors (Lipinski definition) is 2. The Morgan fingerprint density at radius 1 is 1.33 bits per heavy atom. The summed E-state index contributed by atoms with van der Waals surface area (Å²) in [5.74, 6) is 1.85. The van der Waals surface area contributed by atoms with Gasteiger partial charge in [0, 0.05) is 42.2 Å². The van der Waals surface area contributed by atoms with E-state index in [4.69, 9.17) is 5.11 Å². The summed E-state index contributed by atoms with van der Waals surface area (Å²) in [6.07, 6.45) is 2.36. The number of fused-ring (bicyclic) bond motifs is 1. The van der Waals surface area contributed by atoms with E-state index in [-0.39, 0.29) is 12.3 Å². The zero-order valence-corrected chi connectivity index (χ0v) is 12.3. The molecule has 0 amide bonds. The second-order valence-corrected chi connectivity index (χ2v) is 5.63. The minimum Gasteiger partial charge on any atom is -0.396 e. The summed E-state index contributed by atoms with van der Waals surface area (Å²) < 4.78 is 0. The van der Waals surface area contributed by atoms with E-state index >= 15 is 0 Å². The molecular weight excluding hydrogens is 290 g/mol. The van der Waals surface area contributed by atoms with E-state index in [0.29, 0.717) is 5.52 Å². The summed E-state index contributed by atoms with van der Waals surface area (Å²) in [7, 11) is 0. The molecule has 1 heterocycles. The van der Waals surface area contributed by atoms with Crippen LogP contribution in [-0.4, -0.2) is 39.7 Å². The van der Waals surface area contributed by atoms with Crippen molar-refractivity contribution in [3.63, 3.8) is 0 Å². The number of aliphatic hydroxyl groups is 1. The first-order chi connectivity index (χ1) is 10.2. The van der Waals surface area contributed by atoms with E-state index in [9.17, 15) is 10.1 Å². The van der Waals surface area contributed by atoms with E-state index in [0.717, 1.165) is 35.5 Å². The smallest absolute Gasteiger partial charge is 0.295 e. The number of nitro benzene ring substituents is 1. The molecule has 2 rings (SSSR count). The maximum Gasteiger partial charge on any atom is 0.295 e. The van der Waals surface area contributed by atoms with Crippen LogP contribution in [0.1, 0.15) is 6.42 Å². The Labute approximate surface area is 126 Å². The van der Waals surface area contributed by atoms with Crippen molar-refractivity contribution in [3.8, 4) is 0 Å². The number of nitrogens with one attached hydrogen (secondary N) is 1. The summed E-state index contributed by atoms with van der Waals surface area (Å²) in [4.78, 5) is 14.7. The van der Waals surface area contributed by atoms with E-state index < -0.39 is 4.92 Å². The quantitative estimate of drug-likeness (QED) is 0.443. The van der Waals surface area contributed by atoms with Crippen molar-refractivity contribution in [1.29, 1.82) is 0 Å². The van der Waals surface area contributed by atoms with Crippen LogP contribution in [0.15, 0.2) is 30.5 Å². The molecule has 112 valence electrons. The van der Waals surface area contributed by atoms with Gasteiger partial charge in [0.1, 0.15) is 5.52 Å². The number of benzene rings is 1. The first kappa shape index (κ1) is 15.5. The number of nitro groups is 1. The lowest BCUT2D eigenvalue weighted by Crippen LogP contribution is -2.06. The molecule has 0 saturated heterocycles. The van der Waals surface area contributed by atoms with Crippen molar-refractivity contribution in [1.82, 2.24) is 4.98 Å². The molecule has 0 aliphatic rings. The largest absolute Gasteiger partial charge is 0.396 e. The molecule has 0 fully saturated rings. The summed E-state index contributed by atoms with van der Waals surface area (Å²) in [6.45, 7) is 0.983. The third-order valence-electron chi connectivity index (χ3n) is 2.95. The third-order valence-corrected chi connectivity index (χ3v) is 4.02. The molecule has 2 aromatic rings. The summed E-state index contributed by atoms with van der Waals surface area (Å²) in [5.41, 5.74) is 1.28. The molecule has 0 atom stereocenters. The van der Waals surface area contributed by atoms with E-state index in [1.807, 2.05) is 6.07 Å². The van der Waals surface area contributed by atoms with Crippen LogP contribution in [0.2, 0.25) is 0 Å². The zero-order valence-electron chi connectivity index (χ0n) is 11.5. The molecule has 0 spiro atoms. The Morgan fingerprint density at radius 3 is 2.95 bits per heavy atom. The van der Waals surface area contributed by atoms with Gasteiger partial charge in [0.15, 0.2) is 0 Å². The number of aromatic nitrogens is 1. The fraction of sp³-hybridized carbons (Fsp3) is 0.357. The summed E-state index contributed by atoms with van der Waals surface area (Å²) >= 11 is 1.76. The van der Waals surface area contributed by atoms with Gasteiger partial charge in [0.25, 0.3) is 5.69 Å². The second-order valence-electron chi connectivity index (χ2n) is 4.41. The molecule has 0 unspecified atom stereocenters. The van der Waals surface area contributed by atoms with Gasteiger partial charge in [-0.25, -0.2) is 4.98 Å². The van der Waals surface area contributed by atoms with Crippen LogP contribution in [0.4, 0.5) is 11.4 Å². The average molecular weight is 307 g/mol. The van der Waals surface area contributed by atoms with E-state index in [1.165, 1.54) is 6.07 Å². The average Bonchev–Trinajstić information content (AvgIpc) is 2.50. The number of anilines is 1. The van der Waals surface area contributed by atoms with Crippen LogP contribution < -0.4 is 5.32 Å². The van der Waals surface area contributed by atoms with Gasteiger partial charge >= 0.3 is 0 Å². The summed E-state index contributed by atoms with van der Waals surface area (Å²) in [5, 5.41) is 23.7. The molecule has 0 aliphatic heterocycles. The van der Waals surface area contributed by atoms with Gasteiger partial charge in [0.05, 0.1) is 4.92 Å². The lowest BCUT2D eigenvalue weighted by molar-refractivity contribution is -0.383. The SMILES string of the molecule is O=[N+]([O-])c1ccc(NCCSCCCO)c2cccnc12. The number of thioether (sulfide) groups is 1. The van der Waals surface area contributed by atoms with E-state index in [2.05, 4.69) is 10.3 Å². The van der Waals surface area contributed by atoms with Crippen molar-refractivity contribution < 1.29 is 10.0 Å². The molecule has 0 saturated carbocycles. The molecule has 0 radical (unpaired) electrons. The highest BCUT2D eigenvalue weighted by molar-refractivity contribution is 7.99. The number of pyridine rings is 1. The zero-order chi connectivity index (χ0) is 15.1. The van der Waals surface area contributed by atoms with Gasteiger partial charge in [-0.15, -0.1) is 0 Å². The normalized spacial score (nSPS) is 10.7. The van der Waals surface area contributed by atoms with Crippen molar-refractivity contribution >= 4 is 34.0 Å². The fourth-order valence-electron chi connectivity index (χ4n) is 1.99. The number of non-ortho nitro benzene ring substituents is 1.